The molecule has 2 aliphatic heterocycles. The third-order valence-corrected chi connectivity index (χ3v) is 8.79. The lowest BCUT2D eigenvalue weighted by atomic mass is 9.99. The minimum Gasteiger partial charge on any atom is -0.478 e. The summed E-state index contributed by atoms with van der Waals surface area (Å²) < 4.78 is 42.2. The van der Waals surface area contributed by atoms with Gasteiger partial charge in [-0.3, -0.25) is 9.58 Å². The van der Waals surface area contributed by atoms with E-state index in [9.17, 15) is 23.1 Å². The number of piperazine rings is 1. The number of benzene rings is 2. The number of anilines is 2. The summed E-state index contributed by atoms with van der Waals surface area (Å²) in [5.41, 5.74) is 3.04. The summed E-state index contributed by atoms with van der Waals surface area (Å²) in [6, 6.07) is 13.7. The Morgan fingerprint density at radius 2 is 1.76 bits per heavy atom. The van der Waals surface area contributed by atoms with Crippen molar-refractivity contribution in [2.45, 2.75) is 37.9 Å². The number of hydrogen-bond acceptors (Lipinski definition) is 5. The van der Waals surface area contributed by atoms with Gasteiger partial charge in [-0.1, -0.05) is 29.8 Å². The number of aromatic carboxylic acids is 1. The number of rotatable bonds is 8. The molecule has 12 heteroatoms. The van der Waals surface area contributed by atoms with Gasteiger partial charge in [0.05, 0.1) is 12.2 Å². The largest absolute Gasteiger partial charge is 0.478 e. The number of carbonyl (C=O) groups is 1. The Morgan fingerprint density at radius 1 is 1.05 bits per heavy atom. The summed E-state index contributed by atoms with van der Waals surface area (Å²) in [5.74, 6) is -1.19. The molecule has 226 valence electrons. The smallest absolute Gasteiger partial charge is 0.339 e. The molecule has 7 nitrogen and oxygen atoms in total. The van der Waals surface area contributed by atoms with E-state index in [0.717, 1.165) is 67.8 Å². The van der Waals surface area contributed by atoms with Crippen LogP contribution >= 0.6 is 24.0 Å². The molecule has 0 spiro atoms. The maximum Gasteiger partial charge on any atom is 0.339 e. The molecule has 6 rings (SSSR count). The molecular weight excluding hydrogens is 590 g/mol. The van der Waals surface area contributed by atoms with Crippen LogP contribution in [0.15, 0.2) is 48.7 Å². The Morgan fingerprint density at radius 3 is 2.40 bits per heavy atom. The van der Waals surface area contributed by atoms with E-state index in [1.807, 2.05) is 18.2 Å². The number of nitrogens with zero attached hydrogens (tertiary/aromatic N) is 5. The number of aromatic nitrogens is 2. The summed E-state index contributed by atoms with van der Waals surface area (Å²) in [6.45, 7) is 5.65. The van der Waals surface area contributed by atoms with Gasteiger partial charge in [0.1, 0.15) is 17.4 Å². The average Bonchev–Trinajstić information content (AvgIpc) is 3.47. The Bertz CT molecular complexity index is 1400. The van der Waals surface area contributed by atoms with E-state index in [1.54, 1.807) is 0 Å². The first kappa shape index (κ1) is 30.5. The van der Waals surface area contributed by atoms with Crippen LogP contribution < -0.4 is 9.80 Å². The molecule has 42 heavy (non-hydrogen) atoms. The molecule has 1 N–H and O–H groups in total. The van der Waals surface area contributed by atoms with E-state index in [4.69, 9.17) is 11.6 Å². The summed E-state index contributed by atoms with van der Waals surface area (Å²) in [7, 11) is 0. The molecule has 3 fully saturated rings. The van der Waals surface area contributed by atoms with Crippen LogP contribution in [0.1, 0.15) is 47.8 Å². The number of hydrogen-bond donors (Lipinski definition) is 1. The maximum absolute atomic E-state index is 13.9. The van der Waals surface area contributed by atoms with Crippen LogP contribution in [0, 0.1) is 5.92 Å². The van der Waals surface area contributed by atoms with Gasteiger partial charge in [-0.05, 0) is 49.1 Å². The molecule has 0 radical (unpaired) electrons. The van der Waals surface area contributed by atoms with Crippen LogP contribution in [0.25, 0.3) is 11.1 Å². The van der Waals surface area contributed by atoms with Crippen molar-refractivity contribution in [1.82, 2.24) is 14.7 Å². The molecule has 2 aromatic carbocycles. The molecule has 1 unspecified atom stereocenters. The number of carboxylic acid groups (broad SMARTS) is 1. The summed E-state index contributed by atoms with van der Waals surface area (Å²) in [4.78, 5) is 18.3. The van der Waals surface area contributed by atoms with Crippen molar-refractivity contribution < 1.29 is 23.1 Å². The van der Waals surface area contributed by atoms with Crippen molar-refractivity contribution >= 4 is 41.4 Å². The Kier molecular flexibility index (Phi) is 9.25. The normalized spacial score (nSPS) is 22.7. The van der Waals surface area contributed by atoms with Crippen molar-refractivity contribution in [3.63, 3.8) is 0 Å². The molecule has 1 aliphatic carbocycles. The van der Waals surface area contributed by atoms with Gasteiger partial charge >= 0.3 is 5.97 Å². The van der Waals surface area contributed by atoms with Gasteiger partial charge in [0.2, 0.25) is 0 Å². The first-order chi connectivity index (χ1) is 19.8. The standard InChI is InChI=1S/C30H33ClF3N5O2.ClH/c31-21-5-8-24(19-3-6-22(7-4-19)37-12-10-36(11-13-37)17-20-14-26(20)32)27(15-21)38-9-1-2-23(18-38)39-28(29(33)34)25(16-35-39)30(40)41;/h3-8,15-16,20,23,26,29H,1-2,9-14,17-18H2,(H,40,41);1H/t20-,23?,26-;/m0./s1. The van der Waals surface area contributed by atoms with E-state index < -0.39 is 35.9 Å². The minimum atomic E-state index is -2.94. The second kappa shape index (κ2) is 12.7. The highest BCUT2D eigenvalue weighted by molar-refractivity contribution is 6.31. The maximum atomic E-state index is 13.9. The van der Waals surface area contributed by atoms with Crippen molar-refractivity contribution in [2.24, 2.45) is 5.92 Å². The summed E-state index contributed by atoms with van der Waals surface area (Å²) in [6.07, 6.45) is -0.481. The highest BCUT2D eigenvalue weighted by Crippen LogP contribution is 2.38. The molecule has 3 atom stereocenters. The van der Waals surface area contributed by atoms with Gasteiger partial charge in [-0.25, -0.2) is 18.0 Å². The number of alkyl halides is 3. The molecule has 1 aromatic heterocycles. The molecule has 3 aliphatic rings. The quantitative estimate of drug-likeness (QED) is 0.306. The number of piperidine rings is 1. The lowest BCUT2D eigenvalue weighted by molar-refractivity contribution is 0.0681. The van der Waals surface area contributed by atoms with Crippen LogP contribution in [0.4, 0.5) is 24.5 Å². The molecule has 3 aromatic rings. The monoisotopic (exact) mass is 623 g/mol. The lowest BCUT2D eigenvalue weighted by Crippen LogP contribution is -2.47. The third kappa shape index (κ3) is 6.35. The third-order valence-electron chi connectivity index (χ3n) is 8.56. The summed E-state index contributed by atoms with van der Waals surface area (Å²) >= 11 is 6.42. The Hall–Kier alpha value is -2.95. The predicted octanol–water partition coefficient (Wildman–Crippen LogP) is 6.58. The highest BCUT2D eigenvalue weighted by Gasteiger charge is 2.39. The van der Waals surface area contributed by atoms with Gasteiger partial charge in [-0.15, -0.1) is 12.4 Å². The molecule has 0 bridgehead atoms. The van der Waals surface area contributed by atoms with Crippen molar-refractivity contribution in [1.29, 1.82) is 0 Å². The van der Waals surface area contributed by atoms with E-state index in [2.05, 4.69) is 44.1 Å². The van der Waals surface area contributed by atoms with E-state index in [1.165, 1.54) is 4.68 Å². The zero-order valence-corrected chi connectivity index (χ0v) is 24.6. The molecular formula is C30H34Cl2F3N5O2. The van der Waals surface area contributed by atoms with E-state index in [-0.39, 0.29) is 18.3 Å². The first-order valence-electron chi connectivity index (χ1n) is 14.1. The van der Waals surface area contributed by atoms with Crippen LogP contribution in [0.5, 0.6) is 0 Å². The van der Waals surface area contributed by atoms with Crippen LogP contribution in [0.3, 0.4) is 0 Å². The molecule has 0 amide bonds. The van der Waals surface area contributed by atoms with Crippen molar-refractivity contribution in [3.05, 3.63) is 64.9 Å². The lowest BCUT2D eigenvalue weighted by Gasteiger charge is -2.37. The number of halogens is 5. The minimum absolute atomic E-state index is 0. The molecule has 2 saturated heterocycles. The van der Waals surface area contributed by atoms with Gasteiger partial charge in [0.15, 0.2) is 0 Å². The average molecular weight is 625 g/mol. The van der Waals surface area contributed by atoms with Crippen molar-refractivity contribution in [2.75, 3.05) is 55.6 Å². The second-order valence-electron chi connectivity index (χ2n) is 11.2. The fraction of sp³-hybridized carbons (Fsp3) is 0.467. The van der Waals surface area contributed by atoms with Gasteiger partial charge in [-0.2, -0.15) is 5.10 Å². The topological polar surface area (TPSA) is 64.8 Å². The summed E-state index contributed by atoms with van der Waals surface area (Å²) in [5, 5.41) is 14.0. The fourth-order valence-corrected chi connectivity index (χ4v) is 6.37. The predicted molar refractivity (Wildman–Crippen MR) is 160 cm³/mol. The highest BCUT2D eigenvalue weighted by atomic mass is 35.5. The zero-order chi connectivity index (χ0) is 28.7. The zero-order valence-electron chi connectivity index (χ0n) is 23.0. The fourth-order valence-electron chi connectivity index (χ4n) is 6.20. The number of carboxylic acids is 1. The van der Waals surface area contributed by atoms with Gasteiger partial charge < -0.3 is 14.9 Å². The van der Waals surface area contributed by atoms with Crippen LogP contribution in [0.2, 0.25) is 5.02 Å². The second-order valence-corrected chi connectivity index (χ2v) is 11.7. The Labute approximate surface area is 254 Å². The van der Waals surface area contributed by atoms with Gasteiger partial charge in [0.25, 0.3) is 6.43 Å². The van der Waals surface area contributed by atoms with E-state index >= 15 is 0 Å². The first-order valence-corrected chi connectivity index (χ1v) is 14.5. The van der Waals surface area contributed by atoms with E-state index in [0.29, 0.717) is 31.0 Å². The molecule has 1 saturated carbocycles. The van der Waals surface area contributed by atoms with Crippen LogP contribution in [-0.2, 0) is 0 Å². The SMILES string of the molecule is Cl.O=C(O)c1cnn(C2CCCN(c3cc(Cl)ccc3-c3ccc(N4CCN(C[C@@H]5C[C@@H]5F)CC4)cc3)C2)c1C(F)F. The molecule has 3 heterocycles. The Balaban J connectivity index is 0.00000353. The van der Waals surface area contributed by atoms with Crippen LogP contribution in [-0.4, -0.2) is 77.7 Å². The van der Waals surface area contributed by atoms with Crippen molar-refractivity contribution in [3.8, 4) is 11.1 Å². The van der Waals surface area contributed by atoms with Gasteiger partial charge in [0, 0.05) is 73.7 Å².